The fourth-order valence-corrected chi connectivity index (χ4v) is 3.21. The molecule has 0 fully saturated rings. The van der Waals surface area contributed by atoms with E-state index in [0.29, 0.717) is 23.1 Å². The zero-order valence-corrected chi connectivity index (χ0v) is 17.4. The van der Waals surface area contributed by atoms with Gasteiger partial charge in [-0.15, -0.1) is 6.42 Å². The summed E-state index contributed by atoms with van der Waals surface area (Å²) in [4.78, 5) is 29.4. The average Bonchev–Trinajstić information content (AvgIpc) is 3.12. The fraction of sp³-hybridized carbons (Fsp3) is 0.286. The van der Waals surface area contributed by atoms with Crippen molar-refractivity contribution in [2.45, 2.75) is 6.54 Å². The number of terminal acetylenes is 1. The number of rotatable bonds is 6. The standard InChI is InChI=1S/C21H22N4O5/c1-7-10-25-16(22-19-17(25)20(26)24(3)21(27)23(19)2)9-8-13-11-14(28-4)18(30-6)15(12-13)29-5/h1,8-9,11-12H,10H2,2-6H3/b9-8+. The molecule has 1 aromatic carbocycles. The number of fused-ring (bicyclic) bond motifs is 1. The second-order valence-electron chi connectivity index (χ2n) is 6.43. The van der Waals surface area contributed by atoms with Crippen LogP contribution < -0.4 is 25.5 Å². The van der Waals surface area contributed by atoms with Crippen molar-refractivity contribution in [2.75, 3.05) is 21.3 Å². The minimum Gasteiger partial charge on any atom is -0.493 e. The molecule has 0 aliphatic heterocycles. The van der Waals surface area contributed by atoms with Crippen LogP contribution in [0, 0.1) is 12.3 Å². The molecule has 0 bridgehead atoms. The number of hydrogen-bond acceptors (Lipinski definition) is 6. The van der Waals surface area contributed by atoms with Crippen LogP contribution in [0.2, 0.25) is 0 Å². The van der Waals surface area contributed by atoms with Gasteiger partial charge >= 0.3 is 5.69 Å². The van der Waals surface area contributed by atoms with Crippen LogP contribution in [-0.4, -0.2) is 40.0 Å². The smallest absolute Gasteiger partial charge is 0.332 e. The van der Waals surface area contributed by atoms with Crippen molar-refractivity contribution in [1.82, 2.24) is 18.7 Å². The summed E-state index contributed by atoms with van der Waals surface area (Å²) >= 11 is 0. The Bertz CT molecular complexity index is 1280. The Morgan fingerprint density at radius 1 is 1.03 bits per heavy atom. The van der Waals surface area contributed by atoms with E-state index >= 15 is 0 Å². The first kappa shape index (κ1) is 20.8. The first-order valence-electron chi connectivity index (χ1n) is 8.95. The van der Waals surface area contributed by atoms with Crippen LogP contribution in [0.3, 0.4) is 0 Å². The van der Waals surface area contributed by atoms with Gasteiger partial charge in [0, 0.05) is 14.1 Å². The molecule has 0 atom stereocenters. The maximum atomic E-state index is 12.7. The van der Waals surface area contributed by atoms with Gasteiger partial charge in [0.15, 0.2) is 22.7 Å². The lowest BCUT2D eigenvalue weighted by Crippen LogP contribution is -2.37. The summed E-state index contributed by atoms with van der Waals surface area (Å²) in [6.07, 6.45) is 8.99. The molecule has 156 valence electrons. The minimum atomic E-state index is -0.460. The SMILES string of the molecule is C#CCn1c(/C=C/c2cc(OC)c(OC)c(OC)c2)nc2c1c(=O)n(C)c(=O)n2C. The number of benzene rings is 1. The van der Waals surface area contributed by atoms with Gasteiger partial charge in [0.2, 0.25) is 5.75 Å². The Morgan fingerprint density at radius 2 is 1.67 bits per heavy atom. The highest BCUT2D eigenvalue weighted by molar-refractivity contribution is 5.77. The van der Waals surface area contributed by atoms with E-state index in [-0.39, 0.29) is 17.7 Å². The Kier molecular flexibility index (Phi) is 5.69. The maximum absolute atomic E-state index is 12.7. The van der Waals surface area contributed by atoms with Gasteiger partial charge < -0.3 is 18.8 Å². The van der Waals surface area contributed by atoms with Gasteiger partial charge in [-0.3, -0.25) is 13.9 Å². The number of ether oxygens (including phenoxy) is 3. The number of imidazole rings is 1. The summed E-state index contributed by atoms with van der Waals surface area (Å²) < 4.78 is 20.0. The molecule has 9 nitrogen and oxygen atoms in total. The molecule has 0 unspecified atom stereocenters. The van der Waals surface area contributed by atoms with Crippen molar-refractivity contribution in [2.24, 2.45) is 14.1 Å². The highest BCUT2D eigenvalue weighted by Crippen LogP contribution is 2.38. The van der Waals surface area contributed by atoms with E-state index in [0.717, 1.165) is 10.1 Å². The molecule has 2 aromatic heterocycles. The van der Waals surface area contributed by atoms with Gasteiger partial charge in [-0.2, -0.15) is 0 Å². The van der Waals surface area contributed by atoms with E-state index in [9.17, 15) is 9.59 Å². The lowest BCUT2D eigenvalue weighted by molar-refractivity contribution is 0.324. The summed E-state index contributed by atoms with van der Waals surface area (Å²) in [7, 11) is 7.58. The van der Waals surface area contributed by atoms with Crippen LogP contribution >= 0.6 is 0 Å². The molecule has 0 saturated heterocycles. The molecule has 3 aromatic rings. The lowest BCUT2D eigenvalue weighted by atomic mass is 10.1. The predicted octanol–water partition coefficient (Wildman–Crippen LogP) is 1.26. The molecule has 0 aliphatic carbocycles. The zero-order chi connectivity index (χ0) is 22.0. The Balaban J connectivity index is 2.20. The molecular weight excluding hydrogens is 388 g/mol. The Hall–Kier alpha value is -3.93. The van der Waals surface area contributed by atoms with E-state index in [4.69, 9.17) is 20.6 Å². The van der Waals surface area contributed by atoms with Crippen LogP contribution in [0.25, 0.3) is 23.3 Å². The highest BCUT2D eigenvalue weighted by Gasteiger charge is 2.18. The number of methoxy groups -OCH3 is 3. The van der Waals surface area contributed by atoms with Crippen molar-refractivity contribution in [3.8, 4) is 29.6 Å². The minimum absolute atomic E-state index is 0.124. The predicted molar refractivity (Wildman–Crippen MR) is 114 cm³/mol. The largest absolute Gasteiger partial charge is 0.493 e. The van der Waals surface area contributed by atoms with E-state index in [2.05, 4.69) is 10.9 Å². The van der Waals surface area contributed by atoms with E-state index in [1.54, 1.807) is 35.9 Å². The van der Waals surface area contributed by atoms with Crippen molar-refractivity contribution in [3.05, 3.63) is 44.4 Å². The third-order valence-corrected chi connectivity index (χ3v) is 4.74. The van der Waals surface area contributed by atoms with Crippen molar-refractivity contribution >= 4 is 23.3 Å². The Labute approximate surface area is 172 Å². The van der Waals surface area contributed by atoms with Gasteiger partial charge in [-0.25, -0.2) is 9.78 Å². The molecule has 0 spiro atoms. The van der Waals surface area contributed by atoms with Crippen LogP contribution in [0.15, 0.2) is 21.7 Å². The highest BCUT2D eigenvalue weighted by atomic mass is 16.5. The first-order valence-corrected chi connectivity index (χ1v) is 8.95. The second kappa shape index (κ2) is 8.21. The summed E-state index contributed by atoms with van der Waals surface area (Å²) in [5.41, 5.74) is 0.372. The third kappa shape index (κ3) is 3.33. The third-order valence-electron chi connectivity index (χ3n) is 4.74. The first-order chi connectivity index (χ1) is 14.4. The molecular formula is C21H22N4O5. The average molecular weight is 410 g/mol. The van der Waals surface area contributed by atoms with Gasteiger partial charge in [-0.05, 0) is 23.8 Å². The van der Waals surface area contributed by atoms with Crippen molar-refractivity contribution < 1.29 is 14.2 Å². The number of aryl methyl sites for hydroxylation is 1. The normalized spacial score (nSPS) is 11.1. The molecule has 0 radical (unpaired) electrons. The monoisotopic (exact) mass is 410 g/mol. The molecule has 0 N–H and O–H groups in total. The van der Waals surface area contributed by atoms with Crippen LogP contribution in [0.5, 0.6) is 17.2 Å². The van der Waals surface area contributed by atoms with Crippen LogP contribution in [0.1, 0.15) is 11.4 Å². The second-order valence-corrected chi connectivity index (χ2v) is 6.43. The molecule has 3 rings (SSSR count). The summed E-state index contributed by atoms with van der Waals surface area (Å²) in [6, 6.07) is 3.56. The van der Waals surface area contributed by atoms with Crippen LogP contribution in [-0.2, 0) is 20.6 Å². The van der Waals surface area contributed by atoms with E-state index in [1.165, 1.54) is 32.9 Å². The number of aromatic nitrogens is 4. The quantitative estimate of drug-likeness (QED) is 0.569. The number of hydrogen-bond donors (Lipinski definition) is 0. The zero-order valence-electron chi connectivity index (χ0n) is 17.4. The molecule has 30 heavy (non-hydrogen) atoms. The van der Waals surface area contributed by atoms with Gasteiger partial charge in [0.1, 0.15) is 5.82 Å². The van der Waals surface area contributed by atoms with Crippen molar-refractivity contribution in [1.29, 1.82) is 0 Å². The van der Waals surface area contributed by atoms with Gasteiger partial charge in [0.25, 0.3) is 5.56 Å². The molecule has 0 aliphatic rings. The Morgan fingerprint density at radius 3 is 2.20 bits per heavy atom. The summed E-state index contributed by atoms with van der Waals surface area (Å²) in [5, 5.41) is 0. The lowest BCUT2D eigenvalue weighted by Gasteiger charge is -2.12. The molecule has 0 amide bonds. The van der Waals surface area contributed by atoms with Crippen LogP contribution in [0.4, 0.5) is 0 Å². The maximum Gasteiger partial charge on any atom is 0.332 e. The summed E-state index contributed by atoms with van der Waals surface area (Å²) in [6.45, 7) is 0.124. The van der Waals surface area contributed by atoms with E-state index in [1.807, 2.05) is 0 Å². The van der Waals surface area contributed by atoms with Gasteiger partial charge in [0.05, 0.1) is 27.9 Å². The topological polar surface area (TPSA) is 89.5 Å². The van der Waals surface area contributed by atoms with E-state index < -0.39 is 11.2 Å². The molecule has 0 saturated carbocycles. The number of nitrogens with zero attached hydrogens (tertiary/aromatic N) is 4. The van der Waals surface area contributed by atoms with Crippen molar-refractivity contribution in [3.63, 3.8) is 0 Å². The fourth-order valence-electron chi connectivity index (χ4n) is 3.21. The molecule has 9 heteroatoms. The summed E-state index contributed by atoms with van der Waals surface area (Å²) in [5.74, 6) is 4.46. The molecule has 2 heterocycles. The van der Waals surface area contributed by atoms with Gasteiger partial charge in [-0.1, -0.05) is 12.0 Å².